The van der Waals surface area contributed by atoms with E-state index >= 15 is 0 Å². The number of aromatic hydroxyl groups is 1. The Morgan fingerprint density at radius 1 is 1.42 bits per heavy atom. The molecule has 0 saturated carbocycles. The van der Waals surface area contributed by atoms with E-state index in [9.17, 15) is 5.11 Å². The maximum absolute atomic E-state index is 9.47. The van der Waals surface area contributed by atoms with Gasteiger partial charge in [-0.25, -0.2) is 4.98 Å². The van der Waals surface area contributed by atoms with Gasteiger partial charge in [0.1, 0.15) is 17.9 Å². The smallest absolute Gasteiger partial charge is 0.137 e. The molecule has 0 aliphatic heterocycles. The first-order valence-electron chi connectivity index (χ1n) is 6.72. The number of rotatable bonds is 5. The summed E-state index contributed by atoms with van der Waals surface area (Å²) in [4.78, 5) is 4.11. The number of hydrogen-bond acceptors (Lipinski definition) is 4. The standard InChI is InChI=1S/C14H18N4O/c19-11-4-5-12-10(8-11)3-6-13(12)15-7-1-2-14-16-9-17-18-14/h4-5,8-9,13,15,19H,1-3,6-7H2,(H,16,17,18). The highest BCUT2D eigenvalue weighted by Crippen LogP contribution is 2.33. The minimum absolute atomic E-state index is 0.365. The van der Waals surface area contributed by atoms with Crippen LogP contribution in [0.15, 0.2) is 24.5 Å². The molecule has 0 spiro atoms. The first-order valence-corrected chi connectivity index (χ1v) is 6.72. The molecule has 1 aromatic carbocycles. The average molecular weight is 258 g/mol. The number of hydrogen-bond donors (Lipinski definition) is 3. The average Bonchev–Trinajstić information content (AvgIpc) is 3.03. The van der Waals surface area contributed by atoms with E-state index in [-0.39, 0.29) is 0 Å². The van der Waals surface area contributed by atoms with Crippen molar-refractivity contribution in [2.24, 2.45) is 0 Å². The lowest BCUT2D eigenvalue weighted by Crippen LogP contribution is -2.20. The van der Waals surface area contributed by atoms with Crippen molar-refractivity contribution in [3.63, 3.8) is 0 Å². The second-order valence-electron chi connectivity index (χ2n) is 4.96. The summed E-state index contributed by atoms with van der Waals surface area (Å²) in [6, 6.07) is 6.11. The van der Waals surface area contributed by atoms with E-state index < -0.39 is 0 Å². The molecular formula is C14H18N4O. The summed E-state index contributed by atoms with van der Waals surface area (Å²) >= 11 is 0. The van der Waals surface area contributed by atoms with Crippen molar-refractivity contribution in [3.8, 4) is 5.75 Å². The van der Waals surface area contributed by atoms with Crippen molar-refractivity contribution in [2.45, 2.75) is 31.7 Å². The second-order valence-corrected chi connectivity index (χ2v) is 4.96. The Balaban J connectivity index is 1.50. The summed E-state index contributed by atoms with van der Waals surface area (Å²) in [5.41, 5.74) is 2.60. The third-order valence-electron chi connectivity index (χ3n) is 3.65. The van der Waals surface area contributed by atoms with Crippen LogP contribution in [0.25, 0.3) is 0 Å². The minimum atomic E-state index is 0.365. The zero-order chi connectivity index (χ0) is 13.1. The fraction of sp³-hybridized carbons (Fsp3) is 0.429. The predicted molar refractivity (Wildman–Crippen MR) is 71.9 cm³/mol. The fourth-order valence-corrected chi connectivity index (χ4v) is 2.70. The molecule has 1 aromatic heterocycles. The number of phenolic OH excluding ortho intramolecular Hbond substituents is 1. The van der Waals surface area contributed by atoms with E-state index in [1.165, 1.54) is 11.1 Å². The van der Waals surface area contributed by atoms with Gasteiger partial charge in [-0.2, -0.15) is 5.10 Å². The molecule has 1 aliphatic rings. The summed E-state index contributed by atoms with van der Waals surface area (Å²) in [6.07, 6.45) is 5.66. The van der Waals surface area contributed by atoms with E-state index in [2.05, 4.69) is 20.5 Å². The van der Waals surface area contributed by atoms with Crippen LogP contribution in [0.1, 0.15) is 35.8 Å². The van der Waals surface area contributed by atoms with Crippen LogP contribution >= 0.6 is 0 Å². The van der Waals surface area contributed by atoms with Gasteiger partial charge < -0.3 is 10.4 Å². The number of aromatic amines is 1. The lowest BCUT2D eigenvalue weighted by atomic mass is 10.1. The third kappa shape index (κ3) is 2.76. The topological polar surface area (TPSA) is 73.8 Å². The first kappa shape index (κ1) is 12.2. The first-order chi connectivity index (χ1) is 9.33. The van der Waals surface area contributed by atoms with E-state index in [4.69, 9.17) is 0 Å². The number of phenols is 1. The Labute approximate surface area is 112 Å². The lowest BCUT2D eigenvalue weighted by Gasteiger charge is -2.13. The van der Waals surface area contributed by atoms with Crippen molar-refractivity contribution in [1.29, 1.82) is 0 Å². The molecule has 0 bridgehead atoms. The molecular weight excluding hydrogens is 240 g/mol. The number of nitrogens with one attached hydrogen (secondary N) is 2. The summed E-state index contributed by atoms with van der Waals surface area (Å²) in [7, 11) is 0. The minimum Gasteiger partial charge on any atom is -0.508 e. The predicted octanol–water partition coefficient (Wildman–Crippen LogP) is 1.72. The van der Waals surface area contributed by atoms with Crippen LogP contribution in [-0.2, 0) is 12.8 Å². The molecule has 1 heterocycles. The number of aryl methyl sites for hydroxylation is 2. The SMILES string of the molecule is Oc1ccc2c(c1)CCC2NCCCc1ncn[nH]1. The van der Waals surface area contributed by atoms with Crippen molar-refractivity contribution in [2.75, 3.05) is 6.54 Å². The zero-order valence-corrected chi connectivity index (χ0v) is 10.8. The maximum atomic E-state index is 9.47. The highest BCUT2D eigenvalue weighted by Gasteiger charge is 2.21. The van der Waals surface area contributed by atoms with Gasteiger partial charge >= 0.3 is 0 Å². The largest absolute Gasteiger partial charge is 0.508 e. The monoisotopic (exact) mass is 258 g/mol. The summed E-state index contributed by atoms with van der Waals surface area (Å²) in [5.74, 6) is 1.31. The normalized spacial score (nSPS) is 17.6. The molecule has 5 nitrogen and oxygen atoms in total. The molecule has 2 aromatic rings. The molecule has 100 valence electrons. The quantitative estimate of drug-likeness (QED) is 0.714. The fourth-order valence-electron chi connectivity index (χ4n) is 2.70. The Bertz CT molecular complexity index is 538. The molecule has 3 N–H and O–H groups in total. The molecule has 0 radical (unpaired) electrons. The highest BCUT2D eigenvalue weighted by molar-refractivity contribution is 5.39. The van der Waals surface area contributed by atoms with Crippen molar-refractivity contribution in [3.05, 3.63) is 41.5 Å². The third-order valence-corrected chi connectivity index (χ3v) is 3.65. The lowest BCUT2D eigenvalue weighted by molar-refractivity contribution is 0.474. The van der Waals surface area contributed by atoms with Gasteiger partial charge in [0.25, 0.3) is 0 Å². The Hall–Kier alpha value is -1.88. The number of nitrogens with zero attached hydrogens (tertiary/aromatic N) is 2. The Kier molecular flexibility index (Phi) is 3.46. The van der Waals surface area contributed by atoms with Crippen LogP contribution in [0.5, 0.6) is 5.75 Å². The van der Waals surface area contributed by atoms with Gasteiger partial charge in [0.15, 0.2) is 0 Å². The van der Waals surface area contributed by atoms with Crippen LogP contribution in [0.2, 0.25) is 0 Å². The van der Waals surface area contributed by atoms with Gasteiger partial charge in [-0.3, -0.25) is 5.10 Å². The molecule has 5 heteroatoms. The van der Waals surface area contributed by atoms with Crippen LogP contribution < -0.4 is 5.32 Å². The Morgan fingerprint density at radius 3 is 3.21 bits per heavy atom. The van der Waals surface area contributed by atoms with Crippen molar-refractivity contribution < 1.29 is 5.11 Å². The van der Waals surface area contributed by atoms with Crippen LogP contribution in [0.4, 0.5) is 0 Å². The number of benzene rings is 1. The van der Waals surface area contributed by atoms with Crippen molar-refractivity contribution >= 4 is 0 Å². The number of H-pyrrole nitrogens is 1. The Morgan fingerprint density at radius 2 is 2.37 bits per heavy atom. The van der Waals surface area contributed by atoms with E-state index in [0.29, 0.717) is 11.8 Å². The molecule has 0 saturated heterocycles. The van der Waals surface area contributed by atoms with Gasteiger partial charge in [-0.05, 0) is 49.1 Å². The van der Waals surface area contributed by atoms with Gasteiger partial charge in [-0.15, -0.1) is 0 Å². The highest BCUT2D eigenvalue weighted by atomic mass is 16.3. The van der Waals surface area contributed by atoms with E-state index in [1.54, 1.807) is 12.4 Å². The van der Waals surface area contributed by atoms with E-state index in [1.807, 2.05) is 12.1 Å². The summed E-state index contributed by atoms with van der Waals surface area (Å²) in [5, 5.41) is 19.7. The number of fused-ring (bicyclic) bond motifs is 1. The van der Waals surface area contributed by atoms with E-state index in [0.717, 1.165) is 38.1 Å². The molecule has 1 aliphatic carbocycles. The molecule has 0 amide bonds. The molecule has 1 unspecified atom stereocenters. The van der Waals surface area contributed by atoms with Crippen LogP contribution in [0, 0.1) is 0 Å². The maximum Gasteiger partial charge on any atom is 0.137 e. The van der Waals surface area contributed by atoms with Gasteiger partial charge in [0.2, 0.25) is 0 Å². The second kappa shape index (κ2) is 5.40. The molecule has 1 atom stereocenters. The van der Waals surface area contributed by atoms with Crippen LogP contribution in [0.3, 0.4) is 0 Å². The molecule has 19 heavy (non-hydrogen) atoms. The van der Waals surface area contributed by atoms with Crippen molar-refractivity contribution in [1.82, 2.24) is 20.5 Å². The molecule has 0 fully saturated rings. The zero-order valence-electron chi connectivity index (χ0n) is 10.8. The number of aromatic nitrogens is 3. The van der Waals surface area contributed by atoms with Gasteiger partial charge in [0.05, 0.1) is 0 Å². The summed E-state index contributed by atoms with van der Waals surface area (Å²) < 4.78 is 0. The van der Waals surface area contributed by atoms with Crippen LogP contribution in [-0.4, -0.2) is 26.8 Å². The van der Waals surface area contributed by atoms with Gasteiger partial charge in [0, 0.05) is 12.5 Å². The van der Waals surface area contributed by atoms with Gasteiger partial charge in [-0.1, -0.05) is 6.07 Å². The summed E-state index contributed by atoms with van der Waals surface area (Å²) in [6.45, 7) is 0.964. The molecule has 3 rings (SSSR count).